The molecule has 2 rings (SSSR count). The highest BCUT2D eigenvalue weighted by Gasteiger charge is 2.26. The van der Waals surface area contributed by atoms with Crippen molar-refractivity contribution in [2.75, 3.05) is 5.32 Å². The third-order valence-corrected chi connectivity index (χ3v) is 3.89. The molecular formula is C12H7BrF4N4O3. The van der Waals surface area contributed by atoms with Gasteiger partial charge < -0.3 is 15.4 Å². The van der Waals surface area contributed by atoms with E-state index in [0.717, 1.165) is 4.68 Å². The monoisotopic (exact) mass is 410 g/mol. The number of aromatic nitrogens is 2. The summed E-state index contributed by atoms with van der Waals surface area (Å²) in [5.41, 5.74) is -1.10. The van der Waals surface area contributed by atoms with E-state index in [-0.39, 0.29) is 16.2 Å². The number of rotatable bonds is 4. The van der Waals surface area contributed by atoms with Crippen LogP contribution in [0.3, 0.4) is 0 Å². The maximum Gasteiger partial charge on any atom is 0.404 e. The van der Waals surface area contributed by atoms with Gasteiger partial charge in [0, 0.05) is 6.07 Å². The van der Waals surface area contributed by atoms with Crippen molar-refractivity contribution in [2.24, 2.45) is 0 Å². The molecule has 1 aromatic carbocycles. The van der Waals surface area contributed by atoms with Gasteiger partial charge in [-0.25, -0.2) is 17.6 Å². The van der Waals surface area contributed by atoms with Crippen molar-refractivity contribution < 1.29 is 27.3 Å². The molecule has 1 heterocycles. The molecule has 0 aliphatic heterocycles. The van der Waals surface area contributed by atoms with Crippen LogP contribution in [-0.4, -0.2) is 20.6 Å². The predicted octanol–water partition coefficient (Wildman–Crippen LogP) is 3.06. The fraction of sp³-hybridized carbons (Fsp3) is 0.167. The lowest BCUT2D eigenvalue weighted by molar-refractivity contribution is -0.390. The maximum atomic E-state index is 13.5. The van der Waals surface area contributed by atoms with Crippen LogP contribution in [0.15, 0.2) is 10.5 Å². The molecule has 7 nitrogen and oxygen atoms in total. The fourth-order valence-electron chi connectivity index (χ4n) is 1.78. The topological polar surface area (TPSA) is 90.1 Å². The zero-order valence-electron chi connectivity index (χ0n) is 11.7. The summed E-state index contributed by atoms with van der Waals surface area (Å²) in [6.45, 7) is 0.732. The molecule has 0 radical (unpaired) electrons. The second kappa shape index (κ2) is 6.55. The molecule has 128 valence electrons. The van der Waals surface area contributed by atoms with Crippen LogP contribution in [0.5, 0.6) is 0 Å². The molecule has 0 aliphatic carbocycles. The Balaban J connectivity index is 2.27. The van der Waals surface area contributed by atoms with Crippen LogP contribution in [0.4, 0.5) is 29.1 Å². The van der Waals surface area contributed by atoms with Gasteiger partial charge in [-0.2, -0.15) is 4.68 Å². The first-order valence-corrected chi connectivity index (χ1v) is 6.93. The first-order chi connectivity index (χ1) is 11.1. The van der Waals surface area contributed by atoms with Crippen LogP contribution in [0.1, 0.15) is 5.69 Å². The van der Waals surface area contributed by atoms with Gasteiger partial charge in [0.05, 0.1) is 10.8 Å². The van der Waals surface area contributed by atoms with Gasteiger partial charge in [0.15, 0.2) is 23.3 Å². The van der Waals surface area contributed by atoms with E-state index in [4.69, 9.17) is 0 Å². The van der Waals surface area contributed by atoms with Gasteiger partial charge in [0.2, 0.25) is 5.91 Å². The summed E-state index contributed by atoms with van der Waals surface area (Å²) in [7, 11) is 0. The first kappa shape index (κ1) is 17.8. The second-order valence-corrected chi connectivity index (χ2v) is 5.32. The Kier molecular flexibility index (Phi) is 4.87. The summed E-state index contributed by atoms with van der Waals surface area (Å²) in [6, 6.07) is -0.00154. The van der Waals surface area contributed by atoms with E-state index in [1.165, 1.54) is 6.92 Å². The fourth-order valence-corrected chi connectivity index (χ4v) is 2.21. The van der Waals surface area contributed by atoms with E-state index in [2.05, 4.69) is 21.0 Å². The van der Waals surface area contributed by atoms with Crippen molar-refractivity contribution in [2.45, 2.75) is 13.5 Å². The van der Waals surface area contributed by atoms with E-state index < -0.39 is 52.1 Å². The molecule has 0 unspecified atom stereocenters. The zero-order chi connectivity index (χ0) is 18.2. The summed E-state index contributed by atoms with van der Waals surface area (Å²) < 4.78 is 54.0. The molecule has 0 atom stereocenters. The molecule has 1 aromatic heterocycles. The molecule has 0 aliphatic rings. The van der Waals surface area contributed by atoms with Crippen LogP contribution in [-0.2, 0) is 11.3 Å². The van der Waals surface area contributed by atoms with E-state index in [1.807, 2.05) is 0 Å². The standard InChI is InChI=1S/C12H7BrF4N4O3/c1-4-8(13)12(21(23)24)19-20(4)3-7(22)18-11-9(16)5(14)2-6(15)10(11)17/h2H,3H2,1H3,(H,18,22). The molecule has 0 spiro atoms. The number of carbonyl (C=O) groups excluding carboxylic acids is 1. The molecule has 24 heavy (non-hydrogen) atoms. The van der Waals surface area contributed by atoms with Crippen LogP contribution in [0.25, 0.3) is 0 Å². The number of carbonyl (C=O) groups is 1. The molecule has 1 amide bonds. The number of anilines is 1. The van der Waals surface area contributed by atoms with E-state index in [9.17, 15) is 32.5 Å². The summed E-state index contributed by atoms with van der Waals surface area (Å²) in [5.74, 6) is -8.56. The highest BCUT2D eigenvalue weighted by atomic mass is 79.9. The molecule has 0 saturated heterocycles. The van der Waals surface area contributed by atoms with Crippen molar-refractivity contribution in [3.05, 3.63) is 49.6 Å². The molecule has 0 saturated carbocycles. The Morgan fingerprint density at radius 1 is 1.33 bits per heavy atom. The minimum atomic E-state index is -1.77. The number of nitrogens with one attached hydrogen (secondary N) is 1. The number of hydrogen-bond acceptors (Lipinski definition) is 4. The van der Waals surface area contributed by atoms with Crippen LogP contribution >= 0.6 is 15.9 Å². The van der Waals surface area contributed by atoms with Crippen molar-refractivity contribution in [1.29, 1.82) is 0 Å². The molecule has 1 N–H and O–H groups in total. The van der Waals surface area contributed by atoms with Crippen LogP contribution < -0.4 is 5.32 Å². The van der Waals surface area contributed by atoms with E-state index in [0.29, 0.717) is 0 Å². The summed E-state index contributed by atoms with van der Waals surface area (Å²) >= 11 is 2.92. The quantitative estimate of drug-likeness (QED) is 0.363. The average molecular weight is 411 g/mol. The molecular weight excluding hydrogens is 404 g/mol. The number of halogens is 5. The Bertz CT molecular complexity index is 829. The largest absolute Gasteiger partial charge is 0.404 e. The third-order valence-electron chi connectivity index (χ3n) is 2.96. The van der Waals surface area contributed by atoms with Gasteiger partial charge in [0.25, 0.3) is 0 Å². The van der Waals surface area contributed by atoms with Gasteiger partial charge >= 0.3 is 5.82 Å². The molecule has 12 heteroatoms. The minimum absolute atomic E-state index is 0.00154. The Morgan fingerprint density at radius 2 is 1.88 bits per heavy atom. The Labute approximate surface area is 139 Å². The lowest BCUT2D eigenvalue weighted by Crippen LogP contribution is -2.22. The normalized spacial score (nSPS) is 10.8. The van der Waals surface area contributed by atoms with Gasteiger partial charge in [-0.3, -0.25) is 4.79 Å². The van der Waals surface area contributed by atoms with Crippen molar-refractivity contribution in [3.8, 4) is 0 Å². The molecule has 0 bridgehead atoms. The Hall–Kier alpha value is -2.50. The summed E-state index contributed by atoms with van der Waals surface area (Å²) in [4.78, 5) is 21.8. The van der Waals surface area contributed by atoms with Gasteiger partial charge in [-0.15, -0.1) is 0 Å². The average Bonchev–Trinajstić information content (AvgIpc) is 2.78. The zero-order valence-corrected chi connectivity index (χ0v) is 13.3. The molecule has 2 aromatic rings. The van der Waals surface area contributed by atoms with Gasteiger partial charge in [0.1, 0.15) is 16.7 Å². The van der Waals surface area contributed by atoms with E-state index in [1.54, 1.807) is 5.32 Å². The number of hydrogen-bond donors (Lipinski definition) is 1. The van der Waals surface area contributed by atoms with E-state index >= 15 is 0 Å². The SMILES string of the molecule is Cc1c(Br)c([N+](=O)[O-])nn1CC(=O)Nc1c(F)c(F)cc(F)c1F. The van der Waals surface area contributed by atoms with Crippen molar-refractivity contribution >= 4 is 33.3 Å². The highest BCUT2D eigenvalue weighted by molar-refractivity contribution is 9.10. The lowest BCUT2D eigenvalue weighted by atomic mass is 10.2. The number of amides is 1. The summed E-state index contributed by atoms with van der Waals surface area (Å²) in [6.07, 6.45) is 0. The van der Waals surface area contributed by atoms with Crippen LogP contribution in [0, 0.1) is 40.3 Å². The smallest absolute Gasteiger partial charge is 0.358 e. The number of nitrogens with zero attached hydrogens (tertiary/aromatic N) is 3. The van der Waals surface area contributed by atoms with Crippen molar-refractivity contribution in [3.63, 3.8) is 0 Å². The number of benzene rings is 1. The number of nitro groups is 1. The Morgan fingerprint density at radius 3 is 2.33 bits per heavy atom. The van der Waals surface area contributed by atoms with Gasteiger partial charge in [-0.1, -0.05) is 0 Å². The maximum absolute atomic E-state index is 13.5. The third kappa shape index (κ3) is 3.22. The van der Waals surface area contributed by atoms with Crippen molar-refractivity contribution in [1.82, 2.24) is 9.78 Å². The lowest BCUT2D eigenvalue weighted by Gasteiger charge is -2.08. The van der Waals surface area contributed by atoms with Crippen LogP contribution in [0.2, 0.25) is 0 Å². The second-order valence-electron chi connectivity index (χ2n) is 4.53. The first-order valence-electron chi connectivity index (χ1n) is 6.13. The summed E-state index contributed by atoms with van der Waals surface area (Å²) in [5, 5.41) is 16.0. The highest BCUT2D eigenvalue weighted by Crippen LogP contribution is 2.27. The van der Waals surface area contributed by atoms with Gasteiger partial charge in [-0.05, 0) is 27.8 Å². The predicted molar refractivity (Wildman–Crippen MR) is 76.2 cm³/mol. The minimum Gasteiger partial charge on any atom is -0.358 e. The molecule has 0 fully saturated rings.